The van der Waals surface area contributed by atoms with E-state index in [9.17, 15) is 10.1 Å². The van der Waals surface area contributed by atoms with Gasteiger partial charge in [-0.3, -0.25) is 9.20 Å². The molecule has 0 atom stereocenters. The Bertz CT molecular complexity index is 1660. The average Bonchev–Trinajstić information content (AvgIpc) is 3.26. The van der Waals surface area contributed by atoms with Gasteiger partial charge >= 0.3 is 0 Å². The molecule has 0 radical (unpaired) electrons. The van der Waals surface area contributed by atoms with E-state index >= 15 is 0 Å². The first-order chi connectivity index (χ1) is 15.5. The predicted octanol–water partition coefficient (Wildman–Crippen LogP) is 4.99. The number of anilines is 1. The molecule has 152 valence electrons. The molecule has 0 aliphatic rings. The Morgan fingerprint density at radius 2 is 1.78 bits per heavy atom. The molecule has 3 heterocycles. The number of thiophene rings is 1. The van der Waals surface area contributed by atoms with E-state index in [4.69, 9.17) is 12.2 Å². The number of hydrogen-bond donors (Lipinski definition) is 1. The third-order valence-corrected chi connectivity index (χ3v) is 6.47. The highest BCUT2D eigenvalue weighted by molar-refractivity contribution is 7.17. The van der Waals surface area contributed by atoms with Crippen molar-refractivity contribution in [1.82, 2.24) is 9.38 Å². The fourth-order valence-corrected chi connectivity index (χ4v) is 5.06. The van der Waals surface area contributed by atoms with Crippen molar-refractivity contribution < 1.29 is 0 Å². The summed E-state index contributed by atoms with van der Waals surface area (Å²) >= 11 is 1.37. The van der Waals surface area contributed by atoms with Crippen molar-refractivity contribution >= 4 is 33.0 Å². The minimum atomic E-state index is -0.403. The molecule has 0 unspecified atom stereocenters. The molecule has 0 fully saturated rings. The van der Waals surface area contributed by atoms with Crippen LogP contribution in [0.25, 0.3) is 38.1 Å². The van der Waals surface area contributed by atoms with Gasteiger partial charge in [-0.15, -0.1) is 17.8 Å². The zero-order chi connectivity index (χ0) is 22.4. The lowest BCUT2D eigenvalue weighted by Gasteiger charge is -2.16. The third kappa shape index (κ3) is 2.79. The number of nitriles is 1. The zero-order valence-corrected chi connectivity index (χ0v) is 17.9. The molecule has 32 heavy (non-hydrogen) atoms. The maximum absolute atomic E-state index is 13.2. The second kappa shape index (κ2) is 7.39. The monoisotopic (exact) mass is 432 g/mol. The van der Waals surface area contributed by atoms with E-state index in [-0.39, 0.29) is 17.0 Å². The second-order valence-corrected chi connectivity index (χ2v) is 8.26. The van der Waals surface area contributed by atoms with Gasteiger partial charge in [0.1, 0.15) is 22.3 Å². The lowest BCUT2D eigenvalue weighted by molar-refractivity contribution is 1.14. The molecule has 0 aliphatic carbocycles. The van der Waals surface area contributed by atoms with Gasteiger partial charge in [0, 0.05) is 16.5 Å². The van der Waals surface area contributed by atoms with E-state index in [1.54, 1.807) is 4.40 Å². The van der Waals surface area contributed by atoms with Crippen molar-refractivity contribution in [2.75, 3.05) is 5.73 Å². The Morgan fingerprint density at radius 1 is 1.06 bits per heavy atom. The van der Waals surface area contributed by atoms with Crippen molar-refractivity contribution in [3.05, 3.63) is 87.0 Å². The Balaban J connectivity index is 1.96. The van der Waals surface area contributed by atoms with Crippen LogP contribution in [-0.4, -0.2) is 9.38 Å². The fourth-order valence-electron chi connectivity index (χ4n) is 3.98. The molecular weight excluding hydrogens is 416 g/mol. The van der Waals surface area contributed by atoms with Gasteiger partial charge in [-0.2, -0.15) is 10.2 Å². The second-order valence-electron chi connectivity index (χ2n) is 7.40. The number of aryl methyl sites for hydroxylation is 1. The van der Waals surface area contributed by atoms with Crippen molar-refractivity contribution in [2.45, 2.75) is 6.92 Å². The van der Waals surface area contributed by atoms with Crippen LogP contribution in [0.5, 0.6) is 0 Å². The Hall–Kier alpha value is -4.39. The lowest BCUT2D eigenvalue weighted by Crippen LogP contribution is -2.15. The first kappa shape index (κ1) is 19.6. The molecule has 0 aliphatic heterocycles. The van der Waals surface area contributed by atoms with Gasteiger partial charge in [-0.1, -0.05) is 66.1 Å². The van der Waals surface area contributed by atoms with Gasteiger partial charge in [0.25, 0.3) is 5.56 Å². The molecule has 2 N–H and O–H groups in total. The number of aromatic nitrogens is 2. The number of nitrogens with two attached hydrogens (primary N) is 1. The van der Waals surface area contributed by atoms with E-state index in [1.165, 1.54) is 11.3 Å². The lowest BCUT2D eigenvalue weighted by atomic mass is 9.95. The van der Waals surface area contributed by atoms with Gasteiger partial charge in [-0.05, 0) is 18.1 Å². The highest BCUT2D eigenvalue weighted by Gasteiger charge is 2.23. The van der Waals surface area contributed by atoms with Crippen molar-refractivity contribution in [3.8, 4) is 40.7 Å². The van der Waals surface area contributed by atoms with Crippen LogP contribution in [0.3, 0.4) is 0 Å². The predicted molar refractivity (Wildman–Crippen MR) is 130 cm³/mol. The Morgan fingerprint density at radius 3 is 2.44 bits per heavy atom. The number of fused-ring (bicyclic) bond motifs is 3. The van der Waals surface area contributed by atoms with E-state index < -0.39 is 5.56 Å². The first-order valence-electron chi connectivity index (χ1n) is 9.83. The maximum atomic E-state index is 13.2. The fraction of sp³-hybridized carbons (Fsp3) is 0.0385. The summed E-state index contributed by atoms with van der Waals surface area (Å²) < 4.78 is 1.64. The topological polar surface area (TPSA) is 84.2 Å². The molecule has 5 aromatic rings. The molecule has 0 spiro atoms. The summed E-state index contributed by atoms with van der Waals surface area (Å²) in [5.41, 5.74) is 11.0. The number of benzene rings is 2. The van der Waals surface area contributed by atoms with E-state index in [2.05, 4.69) is 17.0 Å². The van der Waals surface area contributed by atoms with Crippen LogP contribution in [-0.2, 0) is 0 Å². The summed E-state index contributed by atoms with van der Waals surface area (Å²) in [6.45, 7) is 1.98. The van der Waals surface area contributed by atoms with Crippen molar-refractivity contribution in [3.63, 3.8) is 0 Å². The zero-order valence-electron chi connectivity index (χ0n) is 17.1. The van der Waals surface area contributed by atoms with Gasteiger partial charge in [0.15, 0.2) is 5.65 Å². The SMILES string of the molecule is C#Cc1c(-c2ccc(C)cc2)c(C#N)c2nc(=O)c3c(-c4ccccc4)csc3n2c1N. The highest BCUT2D eigenvalue weighted by Crippen LogP contribution is 2.38. The highest BCUT2D eigenvalue weighted by atomic mass is 32.1. The molecule has 5 nitrogen and oxygen atoms in total. The van der Waals surface area contributed by atoms with Crippen LogP contribution in [0.1, 0.15) is 16.7 Å². The van der Waals surface area contributed by atoms with Gasteiger partial charge in [-0.25, -0.2) is 0 Å². The molecule has 3 aromatic heterocycles. The minimum absolute atomic E-state index is 0.207. The van der Waals surface area contributed by atoms with E-state index in [1.807, 2.05) is 66.9 Å². The summed E-state index contributed by atoms with van der Waals surface area (Å²) in [5, 5.41) is 12.4. The van der Waals surface area contributed by atoms with Crippen LogP contribution in [0.4, 0.5) is 5.82 Å². The average molecular weight is 433 g/mol. The van der Waals surface area contributed by atoms with Crippen LogP contribution < -0.4 is 11.3 Å². The summed E-state index contributed by atoms with van der Waals surface area (Å²) in [6.07, 6.45) is 5.87. The Kier molecular flexibility index (Phi) is 4.52. The normalized spacial score (nSPS) is 10.8. The van der Waals surface area contributed by atoms with Gasteiger partial charge in [0.2, 0.25) is 0 Å². The molecule has 6 heteroatoms. The van der Waals surface area contributed by atoms with Crippen molar-refractivity contribution in [2.24, 2.45) is 0 Å². The largest absolute Gasteiger partial charge is 0.384 e. The number of nitrogens with zero attached hydrogens (tertiary/aromatic N) is 3. The Labute approximate surface area is 188 Å². The molecule has 0 bridgehead atoms. The molecule has 0 saturated heterocycles. The third-order valence-electron chi connectivity index (χ3n) is 5.51. The number of pyridine rings is 1. The number of nitrogen functional groups attached to an aromatic ring is 1. The number of rotatable bonds is 2. The van der Waals surface area contributed by atoms with Crippen LogP contribution in [0, 0.1) is 30.6 Å². The molecular formula is C26H16N4OS. The molecule has 0 saturated carbocycles. The van der Waals surface area contributed by atoms with Crippen LogP contribution in [0.2, 0.25) is 0 Å². The summed E-state index contributed by atoms with van der Waals surface area (Å²) in [4.78, 5) is 18.1. The summed E-state index contributed by atoms with van der Waals surface area (Å²) in [6, 6.07) is 19.5. The van der Waals surface area contributed by atoms with E-state index in [0.29, 0.717) is 21.3 Å². The summed E-state index contributed by atoms with van der Waals surface area (Å²) in [5.74, 6) is 2.94. The number of hydrogen-bond acceptors (Lipinski definition) is 5. The van der Waals surface area contributed by atoms with Gasteiger partial charge in [0.05, 0.1) is 10.9 Å². The quantitative estimate of drug-likeness (QED) is 0.399. The minimum Gasteiger partial charge on any atom is -0.384 e. The van der Waals surface area contributed by atoms with Crippen LogP contribution >= 0.6 is 11.3 Å². The first-order valence-corrected chi connectivity index (χ1v) is 10.7. The molecule has 0 amide bonds. The summed E-state index contributed by atoms with van der Waals surface area (Å²) in [7, 11) is 0. The maximum Gasteiger partial charge on any atom is 0.282 e. The standard InChI is InChI=1S/C26H16N4OS/c1-3-18-21(17-11-9-15(2)10-12-17)19(13-27)24-29-25(31)22-20(16-7-5-4-6-8-16)14-32-26(22)30(24)23(18)28/h1,4-12,14H,28H2,2H3. The smallest absolute Gasteiger partial charge is 0.282 e. The molecule has 2 aromatic carbocycles. The number of terminal acetylenes is 1. The van der Waals surface area contributed by atoms with Crippen molar-refractivity contribution in [1.29, 1.82) is 5.26 Å². The van der Waals surface area contributed by atoms with Gasteiger partial charge < -0.3 is 5.73 Å². The van der Waals surface area contributed by atoms with Crippen LogP contribution in [0.15, 0.2) is 64.8 Å². The van der Waals surface area contributed by atoms with E-state index in [0.717, 1.165) is 22.3 Å². The molecule has 5 rings (SSSR count).